The van der Waals surface area contributed by atoms with Crippen LogP contribution in [0.25, 0.3) is 0 Å². The predicted octanol–water partition coefficient (Wildman–Crippen LogP) is -4.03. The van der Waals surface area contributed by atoms with Gasteiger partial charge in [-0.1, -0.05) is 0 Å². The first kappa shape index (κ1) is 29.6. The van der Waals surface area contributed by atoms with Crippen LogP contribution < -0.4 is 55.5 Å². The van der Waals surface area contributed by atoms with Gasteiger partial charge in [-0.05, 0) is 0 Å². The molecule has 0 aliphatic rings. The minimum absolute atomic E-state index is 0. The summed E-state index contributed by atoms with van der Waals surface area (Å²) in [5.74, 6) is 0. The molecule has 0 aromatic rings. The summed E-state index contributed by atoms with van der Waals surface area (Å²) in [4.78, 5) is 0. The average molecular weight is 365 g/mol. The van der Waals surface area contributed by atoms with Crippen molar-refractivity contribution in [3.63, 3.8) is 0 Å². The molecule has 80 valence electrons. The van der Waals surface area contributed by atoms with Gasteiger partial charge in [0.1, 0.15) is 0 Å². The molecule has 0 saturated carbocycles. The molecule has 0 rings (SSSR count). The van der Waals surface area contributed by atoms with E-state index in [-0.39, 0.29) is 88.6 Å². The van der Waals surface area contributed by atoms with Gasteiger partial charge in [0, 0.05) is 0 Å². The molecule has 0 spiro atoms. The van der Waals surface area contributed by atoms with Gasteiger partial charge in [-0.15, -0.1) is 37.2 Å². The van der Waals surface area contributed by atoms with Gasteiger partial charge in [-0.2, -0.15) is 0 Å². The third kappa shape index (κ3) is 31.3. The van der Waals surface area contributed by atoms with E-state index >= 15 is 0 Å². The van der Waals surface area contributed by atoms with Crippen molar-refractivity contribution in [2.45, 2.75) is 0 Å². The van der Waals surface area contributed by atoms with Crippen molar-refractivity contribution in [1.82, 2.24) is 0 Å². The third-order valence-electron chi connectivity index (χ3n) is 0.169. The molecule has 0 atom stereocenters. The zero-order valence-electron chi connectivity index (χ0n) is 5.94. The van der Waals surface area contributed by atoms with Gasteiger partial charge in [-0.3, -0.25) is 0 Å². The van der Waals surface area contributed by atoms with Crippen LogP contribution in [0.1, 0.15) is 0 Å². The van der Waals surface area contributed by atoms with Crippen molar-refractivity contribution in [1.29, 1.82) is 0 Å². The van der Waals surface area contributed by atoms with E-state index in [0.29, 0.717) is 0 Å². The number of halogens is 3. The Morgan fingerprint density at radius 1 is 1.00 bits per heavy atom. The van der Waals surface area contributed by atoms with Crippen molar-refractivity contribution in [3.8, 4) is 0 Å². The molecular weight excluding hydrogens is 361 g/mol. The van der Waals surface area contributed by atoms with Crippen LogP contribution in [0.5, 0.6) is 0 Å². The van der Waals surface area contributed by atoms with Crippen molar-refractivity contribution in [2.75, 3.05) is 0 Å². The topological polar surface area (TPSA) is 121 Å². The van der Waals surface area contributed by atoms with Crippen molar-refractivity contribution in [2.24, 2.45) is 0 Å². The average Bonchev–Trinajstić information content (AvgIpc) is 1.14. The van der Waals surface area contributed by atoms with Gasteiger partial charge in [0.15, 0.2) is 0 Å². The summed E-state index contributed by atoms with van der Waals surface area (Å²) in [5.41, 5.74) is 0. The van der Waals surface area contributed by atoms with Crippen LogP contribution in [-0.4, -0.2) is 4.16 Å². The molecule has 0 aliphatic heterocycles. The normalized spacial score (nSPS) is 9.38. The molecule has 0 saturated heterocycles. The molecular formula is H4Cl3Cr2KO7. The number of rotatable bonds is 2. The molecule has 0 heterocycles. The van der Waals surface area contributed by atoms with Crippen LogP contribution in [0.15, 0.2) is 0 Å². The third-order valence-corrected chi connectivity index (χ3v) is 2.88. The first-order chi connectivity index (χ1) is 3.71. The molecule has 13 heavy (non-hydrogen) atoms. The second kappa shape index (κ2) is 11.1. The Bertz CT molecular complexity index is 247. The fourth-order valence-electron chi connectivity index (χ4n) is 0.105. The zero-order chi connectivity index (χ0) is 7.71. The SMILES string of the molecule is Cl.Cl.Cl.[K+].[O]=[Cr](=[O])([O-])[O][Cr](=[O])(=[O])[OH]. The molecule has 1 N–H and O–H groups in total. The summed E-state index contributed by atoms with van der Waals surface area (Å²) >= 11 is -11.8. The van der Waals surface area contributed by atoms with Crippen LogP contribution in [0.2, 0.25) is 0 Å². The van der Waals surface area contributed by atoms with Crippen molar-refractivity contribution in [3.05, 3.63) is 0 Å². The summed E-state index contributed by atoms with van der Waals surface area (Å²) in [6, 6.07) is 0. The molecule has 0 fully saturated rings. The number of hydrogen-bond acceptors (Lipinski definition) is 6. The molecule has 0 amide bonds. The first-order valence-electron chi connectivity index (χ1n) is 1.35. The first-order valence-corrected chi connectivity index (χ1v) is 5.56. The molecule has 0 aromatic heterocycles. The van der Waals surface area contributed by atoms with Crippen molar-refractivity contribution < 1.29 is 105 Å². The second-order valence-corrected chi connectivity index (χ2v) is 4.60. The van der Waals surface area contributed by atoms with E-state index < -0.39 is 27.2 Å². The standard InChI is InChI=1S/3ClH.2Cr.K.H2O.6O/h3*1H;;;;1H2;;;;;;/q;;;;2*+1;;;;;;;-1/p-1. The van der Waals surface area contributed by atoms with Crippen LogP contribution in [0, 0.1) is 0 Å². The molecule has 0 bridgehead atoms. The Hall–Kier alpha value is 2.65. The van der Waals surface area contributed by atoms with Gasteiger partial charge < -0.3 is 0 Å². The van der Waals surface area contributed by atoms with E-state index in [1.54, 1.807) is 0 Å². The van der Waals surface area contributed by atoms with Gasteiger partial charge in [0.2, 0.25) is 0 Å². The molecule has 0 aromatic carbocycles. The Morgan fingerprint density at radius 3 is 1.23 bits per heavy atom. The zero-order valence-corrected chi connectivity index (χ0v) is 14.1. The van der Waals surface area contributed by atoms with Crippen LogP contribution in [0.3, 0.4) is 0 Å². The second-order valence-electron chi connectivity index (χ2n) is 0.904. The molecule has 0 radical (unpaired) electrons. The molecule has 0 aliphatic carbocycles. The Labute approximate surface area is 139 Å². The van der Waals surface area contributed by atoms with Crippen LogP contribution in [-0.2, 0) is 45.3 Å². The summed E-state index contributed by atoms with van der Waals surface area (Å²) in [6.07, 6.45) is 0. The minimum atomic E-state index is -6.01. The van der Waals surface area contributed by atoms with E-state index in [2.05, 4.69) is 2.84 Å². The van der Waals surface area contributed by atoms with Gasteiger partial charge in [0.25, 0.3) is 0 Å². The van der Waals surface area contributed by atoms with Gasteiger partial charge >= 0.3 is 105 Å². The summed E-state index contributed by atoms with van der Waals surface area (Å²) in [7, 11) is 0. The summed E-state index contributed by atoms with van der Waals surface area (Å²) in [6.45, 7) is 0. The van der Waals surface area contributed by atoms with Crippen LogP contribution in [0.4, 0.5) is 0 Å². The van der Waals surface area contributed by atoms with E-state index in [4.69, 9.17) is 4.16 Å². The predicted molar refractivity (Wildman–Crippen MR) is 27.8 cm³/mol. The Balaban J connectivity index is -0.0000000533. The summed E-state index contributed by atoms with van der Waals surface area (Å²) in [5, 5.41) is 0. The maximum absolute atomic E-state index is 9.49. The molecule has 13 heteroatoms. The molecule has 7 nitrogen and oxygen atoms in total. The van der Waals surface area contributed by atoms with E-state index in [9.17, 15) is 19.4 Å². The fraction of sp³-hybridized carbons (Fsp3) is 0. The Kier molecular flexibility index (Phi) is 25.4. The van der Waals surface area contributed by atoms with E-state index in [1.165, 1.54) is 0 Å². The monoisotopic (exact) mass is 364 g/mol. The van der Waals surface area contributed by atoms with Crippen molar-refractivity contribution >= 4 is 37.2 Å². The quantitative estimate of drug-likeness (QED) is 0.495. The fourth-order valence-corrected chi connectivity index (χ4v) is 1.79. The van der Waals surface area contributed by atoms with E-state index in [0.717, 1.165) is 0 Å². The van der Waals surface area contributed by atoms with E-state index in [1.807, 2.05) is 0 Å². The van der Waals surface area contributed by atoms with Crippen LogP contribution >= 0.6 is 37.2 Å². The summed E-state index contributed by atoms with van der Waals surface area (Å²) < 4.78 is 57.6. The Morgan fingerprint density at radius 2 is 1.23 bits per heavy atom. The number of hydrogen-bond donors (Lipinski definition) is 1. The molecule has 0 unspecified atom stereocenters. The maximum atomic E-state index is 9.49. The van der Waals surface area contributed by atoms with Gasteiger partial charge in [-0.25, -0.2) is 0 Å². The van der Waals surface area contributed by atoms with Gasteiger partial charge in [0.05, 0.1) is 0 Å².